The molecule has 0 aliphatic heterocycles. The highest BCUT2D eigenvalue weighted by Gasteiger charge is 2.22. The van der Waals surface area contributed by atoms with Gasteiger partial charge in [-0.2, -0.15) is 0 Å². The third-order valence-electron chi connectivity index (χ3n) is 2.26. The SMILES string of the molecule is Cc1nc(CNS(=O)(=O)c2cc(CO)oc2Br)cs1. The van der Waals surface area contributed by atoms with Gasteiger partial charge in [0, 0.05) is 11.4 Å². The molecule has 0 saturated carbocycles. The molecule has 2 heterocycles. The number of hydrogen-bond donors (Lipinski definition) is 2. The van der Waals surface area contributed by atoms with Gasteiger partial charge in [-0.3, -0.25) is 0 Å². The van der Waals surface area contributed by atoms with Gasteiger partial charge in [0.1, 0.15) is 17.3 Å². The van der Waals surface area contributed by atoms with E-state index in [1.54, 1.807) is 5.38 Å². The summed E-state index contributed by atoms with van der Waals surface area (Å²) in [5.74, 6) is 0.178. The minimum atomic E-state index is -3.71. The van der Waals surface area contributed by atoms with Gasteiger partial charge in [-0.1, -0.05) is 0 Å². The first-order valence-corrected chi connectivity index (χ1v) is 8.37. The zero-order chi connectivity index (χ0) is 14.0. The smallest absolute Gasteiger partial charge is 0.245 e. The summed E-state index contributed by atoms with van der Waals surface area (Å²) >= 11 is 4.47. The van der Waals surface area contributed by atoms with Crippen molar-refractivity contribution in [3.05, 3.63) is 32.6 Å². The molecule has 0 aromatic carbocycles. The lowest BCUT2D eigenvalue weighted by Crippen LogP contribution is -2.23. The largest absolute Gasteiger partial charge is 0.450 e. The number of furan rings is 1. The molecule has 9 heteroatoms. The lowest BCUT2D eigenvalue weighted by Gasteiger charge is -2.02. The van der Waals surface area contributed by atoms with Crippen molar-refractivity contribution < 1.29 is 17.9 Å². The van der Waals surface area contributed by atoms with Crippen LogP contribution in [-0.4, -0.2) is 18.5 Å². The van der Waals surface area contributed by atoms with Crippen LogP contribution in [0.1, 0.15) is 16.5 Å². The molecular formula is C10H11BrN2O4S2. The quantitative estimate of drug-likeness (QED) is 0.841. The number of halogens is 1. The van der Waals surface area contributed by atoms with Crippen LogP contribution in [0.5, 0.6) is 0 Å². The van der Waals surface area contributed by atoms with Crippen LogP contribution in [-0.2, 0) is 23.2 Å². The summed E-state index contributed by atoms with van der Waals surface area (Å²) in [5, 5.41) is 11.6. The second-order valence-corrected chi connectivity index (χ2v) is 7.21. The number of aryl methyl sites for hydroxylation is 1. The maximum absolute atomic E-state index is 12.1. The first-order valence-electron chi connectivity index (χ1n) is 5.22. The second-order valence-electron chi connectivity index (χ2n) is 3.69. The van der Waals surface area contributed by atoms with Crippen LogP contribution < -0.4 is 4.72 Å². The third-order valence-corrected chi connectivity index (χ3v) is 5.34. The molecule has 0 unspecified atom stereocenters. The number of aliphatic hydroxyl groups excluding tert-OH is 1. The van der Waals surface area contributed by atoms with Crippen molar-refractivity contribution >= 4 is 37.3 Å². The Balaban J connectivity index is 2.15. The molecule has 2 N–H and O–H groups in total. The Morgan fingerprint density at radius 1 is 1.58 bits per heavy atom. The van der Waals surface area contributed by atoms with E-state index >= 15 is 0 Å². The van der Waals surface area contributed by atoms with Crippen molar-refractivity contribution in [2.45, 2.75) is 25.0 Å². The van der Waals surface area contributed by atoms with Gasteiger partial charge in [0.05, 0.1) is 17.2 Å². The maximum atomic E-state index is 12.1. The monoisotopic (exact) mass is 366 g/mol. The molecule has 0 amide bonds. The van der Waals surface area contributed by atoms with Crippen LogP contribution in [0.3, 0.4) is 0 Å². The summed E-state index contributed by atoms with van der Waals surface area (Å²) < 4.78 is 31.6. The Morgan fingerprint density at radius 2 is 2.32 bits per heavy atom. The fourth-order valence-corrected chi connectivity index (χ4v) is 4.00. The van der Waals surface area contributed by atoms with Gasteiger partial charge in [-0.25, -0.2) is 18.1 Å². The number of nitrogens with zero attached hydrogens (tertiary/aromatic N) is 1. The molecule has 0 atom stereocenters. The van der Waals surface area contributed by atoms with Crippen LogP contribution in [0.15, 0.2) is 25.4 Å². The molecule has 0 bridgehead atoms. The Morgan fingerprint density at radius 3 is 2.84 bits per heavy atom. The summed E-state index contributed by atoms with van der Waals surface area (Å²) in [4.78, 5) is 4.13. The molecule has 2 aromatic rings. The van der Waals surface area contributed by atoms with Crippen LogP contribution in [0.4, 0.5) is 0 Å². The Hall–Kier alpha value is -0.740. The normalized spacial score (nSPS) is 11.9. The molecule has 0 aliphatic carbocycles. The summed E-state index contributed by atoms with van der Waals surface area (Å²) in [6.07, 6.45) is 0. The van der Waals surface area contributed by atoms with Crippen LogP contribution in [0.2, 0.25) is 0 Å². The van der Waals surface area contributed by atoms with Crippen LogP contribution in [0, 0.1) is 6.92 Å². The third kappa shape index (κ3) is 3.42. The summed E-state index contributed by atoms with van der Waals surface area (Å²) in [6.45, 7) is 1.60. The van der Waals surface area contributed by atoms with Crippen molar-refractivity contribution in [3.8, 4) is 0 Å². The molecule has 6 nitrogen and oxygen atoms in total. The Kier molecular flexibility index (Phi) is 4.41. The summed E-state index contributed by atoms with van der Waals surface area (Å²) in [5.41, 5.74) is 0.660. The molecule has 104 valence electrons. The fourth-order valence-electron chi connectivity index (χ4n) is 1.40. The van der Waals surface area contributed by atoms with Gasteiger partial charge in [0.15, 0.2) is 4.67 Å². The van der Waals surface area contributed by atoms with Gasteiger partial charge in [0.25, 0.3) is 0 Å². The van der Waals surface area contributed by atoms with Gasteiger partial charge >= 0.3 is 0 Å². The number of rotatable bonds is 5. The van der Waals surface area contributed by atoms with E-state index in [0.717, 1.165) is 5.01 Å². The van der Waals surface area contributed by atoms with E-state index < -0.39 is 10.0 Å². The van der Waals surface area contributed by atoms with E-state index in [1.165, 1.54) is 17.4 Å². The minimum absolute atomic E-state index is 0.0384. The van der Waals surface area contributed by atoms with Gasteiger partial charge in [-0.15, -0.1) is 11.3 Å². The topological polar surface area (TPSA) is 92.4 Å². The maximum Gasteiger partial charge on any atom is 0.245 e. The first-order chi connectivity index (χ1) is 8.92. The van der Waals surface area contributed by atoms with Crippen LogP contribution >= 0.6 is 27.3 Å². The average Bonchev–Trinajstić information content (AvgIpc) is 2.93. The second kappa shape index (κ2) is 5.71. The highest BCUT2D eigenvalue weighted by molar-refractivity contribution is 9.10. The zero-order valence-corrected chi connectivity index (χ0v) is 13.1. The van der Waals surface area contributed by atoms with Crippen molar-refractivity contribution in [2.24, 2.45) is 0 Å². The van der Waals surface area contributed by atoms with E-state index in [0.29, 0.717) is 5.69 Å². The standard InChI is InChI=1S/C10H11BrN2O4S2/c1-6-13-7(5-18-6)3-12-19(15,16)9-2-8(4-14)17-10(9)11/h2,5,12,14H,3-4H2,1H3. The first kappa shape index (κ1) is 14.7. The van der Waals surface area contributed by atoms with E-state index in [9.17, 15) is 8.42 Å². The van der Waals surface area contributed by atoms with Gasteiger partial charge < -0.3 is 9.52 Å². The number of thiazole rings is 1. The van der Waals surface area contributed by atoms with Gasteiger partial charge in [-0.05, 0) is 22.9 Å². The van der Waals surface area contributed by atoms with Crippen molar-refractivity contribution in [1.82, 2.24) is 9.71 Å². The van der Waals surface area contributed by atoms with E-state index in [4.69, 9.17) is 9.52 Å². The van der Waals surface area contributed by atoms with E-state index in [1.807, 2.05) is 6.92 Å². The molecule has 2 aromatic heterocycles. The highest BCUT2D eigenvalue weighted by Crippen LogP contribution is 2.26. The predicted octanol–water partition coefficient (Wildman–Crippen LogP) is 1.78. The number of aliphatic hydroxyl groups is 1. The zero-order valence-electron chi connectivity index (χ0n) is 9.88. The lowest BCUT2D eigenvalue weighted by molar-refractivity contribution is 0.245. The predicted molar refractivity (Wildman–Crippen MR) is 73.2 cm³/mol. The Labute approximate surface area is 122 Å². The molecule has 19 heavy (non-hydrogen) atoms. The molecule has 2 rings (SSSR count). The van der Waals surface area contributed by atoms with Crippen LogP contribution in [0.25, 0.3) is 0 Å². The molecule has 0 radical (unpaired) electrons. The number of nitrogens with one attached hydrogen (secondary N) is 1. The van der Waals surface area contributed by atoms with E-state index in [-0.39, 0.29) is 28.5 Å². The molecule has 0 saturated heterocycles. The fraction of sp³-hybridized carbons (Fsp3) is 0.300. The molecule has 0 aliphatic rings. The van der Waals surface area contributed by atoms with Crippen molar-refractivity contribution in [2.75, 3.05) is 0 Å². The number of sulfonamides is 1. The highest BCUT2D eigenvalue weighted by atomic mass is 79.9. The van der Waals surface area contributed by atoms with E-state index in [2.05, 4.69) is 25.6 Å². The minimum Gasteiger partial charge on any atom is -0.450 e. The number of hydrogen-bond acceptors (Lipinski definition) is 6. The Bertz CT molecular complexity index is 678. The lowest BCUT2D eigenvalue weighted by atomic mass is 10.5. The average molecular weight is 367 g/mol. The molecule has 0 fully saturated rings. The molecular weight excluding hydrogens is 356 g/mol. The van der Waals surface area contributed by atoms with Crippen molar-refractivity contribution in [3.63, 3.8) is 0 Å². The summed E-state index contributed by atoms with van der Waals surface area (Å²) in [7, 11) is -3.71. The summed E-state index contributed by atoms with van der Waals surface area (Å²) in [6, 6.07) is 1.28. The number of aromatic nitrogens is 1. The van der Waals surface area contributed by atoms with Crippen molar-refractivity contribution in [1.29, 1.82) is 0 Å². The van der Waals surface area contributed by atoms with Gasteiger partial charge in [0.2, 0.25) is 10.0 Å². The molecule has 0 spiro atoms.